The quantitative estimate of drug-likeness (QED) is 0.359. The molecule has 0 atom stereocenters. The van der Waals surface area contributed by atoms with Crippen LogP contribution in [-0.2, 0) is 4.18 Å². The molecule has 0 amide bonds. The van der Waals surface area contributed by atoms with Crippen molar-refractivity contribution in [3.8, 4) is 0 Å². The molecule has 0 aromatic carbocycles. The predicted molar refractivity (Wildman–Crippen MR) is 43.4 cm³/mol. The molecule has 0 fully saturated rings. The molecule has 50 valence electrons. The Morgan fingerprint density at radius 2 is 2.11 bits per heavy atom. The lowest BCUT2D eigenvalue weighted by Gasteiger charge is -1.81. The second-order valence-electron chi connectivity index (χ2n) is 1.34. The minimum atomic E-state index is 0.532. The van der Waals surface area contributed by atoms with Crippen LogP contribution in [0.15, 0.2) is 37.0 Å². The van der Waals surface area contributed by atoms with E-state index < -0.39 is 0 Å². The summed E-state index contributed by atoms with van der Waals surface area (Å²) in [7, 11) is 0. The first-order chi connectivity index (χ1) is 4.41. The molecule has 0 aliphatic carbocycles. The van der Waals surface area contributed by atoms with Gasteiger partial charge in [0, 0.05) is 0 Å². The summed E-state index contributed by atoms with van der Waals surface area (Å²) in [6, 6.07) is 0. The lowest BCUT2D eigenvalue weighted by molar-refractivity contribution is 0.438. The lowest BCUT2D eigenvalue weighted by atomic mass is 10.4. The van der Waals surface area contributed by atoms with Crippen molar-refractivity contribution in [1.82, 2.24) is 0 Å². The summed E-state index contributed by atoms with van der Waals surface area (Å²) in [5.74, 6) is 0. The second-order valence-corrected chi connectivity index (χ2v) is 1.60. The van der Waals surface area contributed by atoms with Crippen molar-refractivity contribution in [2.75, 3.05) is 6.61 Å². The molecule has 0 saturated carbocycles. The molecule has 1 nitrogen and oxygen atoms in total. The van der Waals surface area contributed by atoms with Gasteiger partial charge in [0.2, 0.25) is 0 Å². The summed E-state index contributed by atoms with van der Waals surface area (Å²) in [5.41, 5.74) is 0. The Labute approximate surface area is 61.3 Å². The summed E-state index contributed by atoms with van der Waals surface area (Å²) in [6.45, 7) is 4.04. The van der Waals surface area contributed by atoms with E-state index >= 15 is 0 Å². The molecule has 0 unspecified atom stereocenters. The molecule has 0 aromatic rings. The monoisotopic (exact) mass is 142 g/mol. The molecular formula is C7H10OS. The number of thiol groups is 1. The average Bonchev–Trinajstić information content (AvgIpc) is 1.89. The Bertz CT molecular complexity index is 116. The van der Waals surface area contributed by atoms with Crippen molar-refractivity contribution in [3.63, 3.8) is 0 Å². The first-order valence-corrected chi connectivity index (χ1v) is 2.99. The van der Waals surface area contributed by atoms with Crippen LogP contribution in [0.5, 0.6) is 0 Å². The van der Waals surface area contributed by atoms with Gasteiger partial charge < -0.3 is 4.18 Å². The van der Waals surface area contributed by atoms with Crippen LogP contribution in [0.1, 0.15) is 0 Å². The summed E-state index contributed by atoms with van der Waals surface area (Å²) in [4.78, 5) is 0. The van der Waals surface area contributed by atoms with Crippen LogP contribution in [0.4, 0.5) is 0 Å². The maximum atomic E-state index is 4.47. The second kappa shape index (κ2) is 7.53. The van der Waals surface area contributed by atoms with Crippen LogP contribution in [0, 0.1) is 0 Å². The van der Waals surface area contributed by atoms with Crippen molar-refractivity contribution >= 4 is 12.9 Å². The first-order valence-electron chi connectivity index (χ1n) is 2.62. The molecule has 0 bridgehead atoms. The van der Waals surface area contributed by atoms with Gasteiger partial charge in [-0.05, 0) is 12.9 Å². The number of hydrogen-bond acceptors (Lipinski definition) is 2. The van der Waals surface area contributed by atoms with E-state index in [1.165, 1.54) is 0 Å². The minimum absolute atomic E-state index is 0.532. The van der Waals surface area contributed by atoms with E-state index in [1.807, 2.05) is 24.3 Å². The maximum Gasteiger partial charge on any atom is 0.0795 e. The highest BCUT2D eigenvalue weighted by molar-refractivity contribution is 7.75. The maximum absolute atomic E-state index is 4.47. The van der Waals surface area contributed by atoms with Gasteiger partial charge in [-0.1, -0.05) is 37.0 Å². The van der Waals surface area contributed by atoms with E-state index in [9.17, 15) is 0 Å². The van der Waals surface area contributed by atoms with Crippen molar-refractivity contribution in [2.45, 2.75) is 0 Å². The Morgan fingerprint density at radius 3 is 2.67 bits per heavy atom. The fraction of sp³-hybridized carbons (Fsp3) is 0.143. The minimum Gasteiger partial charge on any atom is -0.314 e. The van der Waals surface area contributed by atoms with Gasteiger partial charge in [-0.15, -0.1) is 0 Å². The molecule has 0 N–H and O–H groups in total. The SMILES string of the molecule is C=C/C=C\C=C\COS. The molecule has 0 aliphatic rings. The molecule has 0 radical (unpaired) electrons. The smallest absolute Gasteiger partial charge is 0.0795 e. The summed E-state index contributed by atoms with van der Waals surface area (Å²) >= 11 is 3.55. The Balaban J connectivity index is 3.23. The highest BCUT2D eigenvalue weighted by atomic mass is 32.1. The third kappa shape index (κ3) is 7.53. The van der Waals surface area contributed by atoms with Gasteiger partial charge in [0.25, 0.3) is 0 Å². The van der Waals surface area contributed by atoms with Crippen molar-refractivity contribution in [2.24, 2.45) is 0 Å². The van der Waals surface area contributed by atoms with Gasteiger partial charge in [0.15, 0.2) is 0 Å². The van der Waals surface area contributed by atoms with Crippen LogP contribution < -0.4 is 0 Å². The molecular weight excluding hydrogens is 132 g/mol. The lowest BCUT2D eigenvalue weighted by Crippen LogP contribution is -1.71. The van der Waals surface area contributed by atoms with Crippen molar-refractivity contribution in [1.29, 1.82) is 0 Å². The third-order valence-corrected chi connectivity index (χ3v) is 0.814. The Morgan fingerprint density at radius 1 is 1.33 bits per heavy atom. The number of hydrogen-bond donors (Lipinski definition) is 1. The molecule has 9 heavy (non-hydrogen) atoms. The van der Waals surface area contributed by atoms with Gasteiger partial charge in [-0.2, -0.15) is 0 Å². The van der Waals surface area contributed by atoms with E-state index in [-0.39, 0.29) is 0 Å². The number of allylic oxidation sites excluding steroid dienone is 4. The molecule has 0 aliphatic heterocycles. The zero-order valence-electron chi connectivity index (χ0n) is 5.16. The zero-order chi connectivity index (χ0) is 6.95. The summed E-state index contributed by atoms with van der Waals surface area (Å²) < 4.78 is 4.47. The van der Waals surface area contributed by atoms with Gasteiger partial charge in [0.05, 0.1) is 6.61 Å². The van der Waals surface area contributed by atoms with Crippen LogP contribution in [0.25, 0.3) is 0 Å². The van der Waals surface area contributed by atoms with Crippen LogP contribution in [0.2, 0.25) is 0 Å². The van der Waals surface area contributed by atoms with E-state index in [4.69, 9.17) is 0 Å². The first kappa shape index (κ1) is 8.53. The third-order valence-electron chi connectivity index (χ3n) is 0.665. The van der Waals surface area contributed by atoms with Gasteiger partial charge in [-0.3, -0.25) is 0 Å². The van der Waals surface area contributed by atoms with Crippen LogP contribution in [-0.4, -0.2) is 6.61 Å². The normalized spacial score (nSPS) is 11.2. The fourth-order valence-corrected chi connectivity index (χ4v) is 0.406. The largest absolute Gasteiger partial charge is 0.314 e. The topological polar surface area (TPSA) is 9.23 Å². The van der Waals surface area contributed by atoms with Gasteiger partial charge in [-0.25, -0.2) is 0 Å². The molecule has 0 aromatic heterocycles. The van der Waals surface area contributed by atoms with E-state index in [1.54, 1.807) is 6.08 Å². The Kier molecular flexibility index (Phi) is 7.14. The van der Waals surface area contributed by atoms with E-state index in [0.29, 0.717) is 6.61 Å². The van der Waals surface area contributed by atoms with E-state index in [0.717, 1.165) is 0 Å². The van der Waals surface area contributed by atoms with E-state index in [2.05, 4.69) is 23.7 Å². The highest BCUT2D eigenvalue weighted by Gasteiger charge is 1.66. The standard InChI is InChI=1S/C7H10OS/c1-2-3-4-5-6-7-8-9/h2-6,9H,1,7H2/b4-3-,6-5+. The average molecular weight is 142 g/mol. The van der Waals surface area contributed by atoms with Crippen LogP contribution >= 0.6 is 12.9 Å². The molecule has 0 saturated heterocycles. The molecule has 0 rings (SSSR count). The van der Waals surface area contributed by atoms with Crippen LogP contribution in [0.3, 0.4) is 0 Å². The predicted octanol–water partition coefficient (Wildman–Crippen LogP) is 2.15. The molecule has 0 heterocycles. The highest BCUT2D eigenvalue weighted by Crippen LogP contribution is 1.81. The summed E-state index contributed by atoms with van der Waals surface area (Å²) in [5, 5.41) is 0. The van der Waals surface area contributed by atoms with Crippen molar-refractivity contribution in [3.05, 3.63) is 37.0 Å². The van der Waals surface area contributed by atoms with Gasteiger partial charge in [0.1, 0.15) is 0 Å². The molecule has 2 heteroatoms. The fourth-order valence-electron chi connectivity index (χ4n) is 0.320. The number of rotatable bonds is 4. The summed E-state index contributed by atoms with van der Waals surface area (Å²) in [6.07, 6.45) is 9.16. The van der Waals surface area contributed by atoms with Gasteiger partial charge >= 0.3 is 0 Å². The van der Waals surface area contributed by atoms with Crippen molar-refractivity contribution < 1.29 is 4.18 Å². The Hall–Kier alpha value is -0.470. The zero-order valence-corrected chi connectivity index (χ0v) is 6.05. The molecule has 0 spiro atoms.